The molecule has 5 nitrogen and oxygen atoms in total. The molecule has 1 heterocycles. The number of benzene rings is 1. The van der Waals surface area contributed by atoms with Crippen LogP contribution in [0.1, 0.15) is 59.0 Å². The molecule has 2 aliphatic rings. The van der Waals surface area contributed by atoms with Gasteiger partial charge in [-0.15, -0.1) is 10.2 Å². The largest absolute Gasteiger partial charge is 0.311 e. The lowest BCUT2D eigenvalue weighted by molar-refractivity contribution is -0.0405. The molecule has 0 spiro atoms. The highest BCUT2D eigenvalue weighted by molar-refractivity contribution is 7.15. The van der Waals surface area contributed by atoms with E-state index in [-0.39, 0.29) is 36.4 Å². The van der Waals surface area contributed by atoms with Crippen LogP contribution in [0, 0.1) is 12.7 Å². The molecule has 150 valence electrons. The predicted molar refractivity (Wildman–Crippen MR) is 100 cm³/mol. The molecule has 0 bridgehead atoms. The Morgan fingerprint density at radius 3 is 2.68 bits per heavy atom. The fourth-order valence-electron chi connectivity index (χ4n) is 3.72. The summed E-state index contributed by atoms with van der Waals surface area (Å²) in [5.41, 5.74) is 0.840. The van der Waals surface area contributed by atoms with Crippen LogP contribution in [-0.2, 0) is 0 Å². The van der Waals surface area contributed by atoms with Crippen molar-refractivity contribution in [2.75, 3.05) is 5.32 Å². The minimum Gasteiger partial charge on any atom is -0.311 e. The van der Waals surface area contributed by atoms with Gasteiger partial charge in [-0.1, -0.05) is 17.4 Å². The second-order valence-corrected chi connectivity index (χ2v) is 8.75. The predicted octanol–water partition coefficient (Wildman–Crippen LogP) is 4.26. The maximum atomic E-state index is 14.2. The molecular formula is C19H21F3N4OS. The Bertz CT molecular complexity index is 878. The van der Waals surface area contributed by atoms with Gasteiger partial charge in [-0.2, -0.15) is 0 Å². The SMILES string of the molecule is Cc1nnc(NC(=O)c2cc(C3CC3NC3CCC(F)(F)CC3)ccc2F)s1. The molecule has 2 atom stereocenters. The highest BCUT2D eigenvalue weighted by atomic mass is 32.1. The number of anilines is 1. The molecule has 2 aromatic rings. The van der Waals surface area contributed by atoms with Crippen LogP contribution in [0.2, 0.25) is 0 Å². The number of amides is 1. The molecule has 2 unspecified atom stereocenters. The van der Waals surface area contributed by atoms with Crippen LogP contribution in [0.15, 0.2) is 18.2 Å². The van der Waals surface area contributed by atoms with Gasteiger partial charge in [0, 0.05) is 30.8 Å². The Labute approximate surface area is 164 Å². The summed E-state index contributed by atoms with van der Waals surface area (Å²) in [5, 5.41) is 14.7. The van der Waals surface area contributed by atoms with E-state index in [1.54, 1.807) is 19.1 Å². The van der Waals surface area contributed by atoms with E-state index in [1.165, 1.54) is 17.4 Å². The quantitative estimate of drug-likeness (QED) is 0.773. The van der Waals surface area contributed by atoms with Gasteiger partial charge < -0.3 is 5.32 Å². The molecule has 2 fully saturated rings. The minimum atomic E-state index is -2.54. The Kier molecular flexibility index (Phi) is 5.13. The first-order valence-corrected chi connectivity index (χ1v) is 10.2. The zero-order chi connectivity index (χ0) is 19.9. The van der Waals surface area contributed by atoms with Crippen molar-refractivity contribution in [3.63, 3.8) is 0 Å². The average molecular weight is 410 g/mol. The standard InChI is InChI=1S/C19H21F3N4OS/c1-10-25-26-18(28-10)24-17(27)14-8-11(2-3-15(14)20)13-9-16(13)23-12-4-6-19(21,22)7-5-12/h2-3,8,12-13,16,23H,4-7,9H2,1H3,(H,24,26,27). The molecule has 0 aliphatic heterocycles. The van der Waals surface area contributed by atoms with E-state index in [1.807, 2.05) is 0 Å². The van der Waals surface area contributed by atoms with Crippen LogP contribution >= 0.6 is 11.3 Å². The molecule has 2 N–H and O–H groups in total. The molecule has 1 aromatic carbocycles. The average Bonchev–Trinajstić information content (AvgIpc) is 3.29. The Morgan fingerprint density at radius 2 is 2.00 bits per heavy atom. The highest BCUT2D eigenvalue weighted by Gasteiger charge is 2.42. The molecule has 1 amide bonds. The summed E-state index contributed by atoms with van der Waals surface area (Å²) in [4.78, 5) is 12.4. The van der Waals surface area contributed by atoms with Crippen molar-refractivity contribution >= 4 is 22.4 Å². The first-order valence-electron chi connectivity index (χ1n) is 9.35. The first kappa shape index (κ1) is 19.3. The molecule has 2 saturated carbocycles. The van der Waals surface area contributed by atoms with E-state index in [4.69, 9.17) is 0 Å². The number of carbonyl (C=O) groups excluding carboxylic acids is 1. The van der Waals surface area contributed by atoms with Crippen molar-refractivity contribution in [2.24, 2.45) is 0 Å². The number of aryl methyl sites for hydroxylation is 1. The lowest BCUT2D eigenvalue weighted by atomic mass is 9.92. The van der Waals surface area contributed by atoms with E-state index < -0.39 is 17.6 Å². The third kappa shape index (κ3) is 4.35. The van der Waals surface area contributed by atoms with Crippen LogP contribution in [-0.4, -0.2) is 34.1 Å². The van der Waals surface area contributed by atoms with Crippen molar-refractivity contribution in [2.45, 2.75) is 63.0 Å². The molecule has 1 aromatic heterocycles. The lowest BCUT2D eigenvalue weighted by Crippen LogP contribution is -2.38. The smallest absolute Gasteiger partial charge is 0.260 e. The number of nitrogens with one attached hydrogen (secondary N) is 2. The molecule has 2 aliphatic carbocycles. The number of rotatable bonds is 5. The van der Waals surface area contributed by atoms with Gasteiger partial charge in [0.15, 0.2) is 0 Å². The number of carbonyl (C=O) groups is 1. The van der Waals surface area contributed by atoms with Gasteiger partial charge in [-0.05, 0) is 43.9 Å². The van der Waals surface area contributed by atoms with E-state index in [9.17, 15) is 18.0 Å². The van der Waals surface area contributed by atoms with Crippen molar-refractivity contribution < 1.29 is 18.0 Å². The molecule has 0 radical (unpaired) electrons. The van der Waals surface area contributed by atoms with Gasteiger partial charge in [-0.25, -0.2) is 13.2 Å². The summed E-state index contributed by atoms with van der Waals surface area (Å²) >= 11 is 1.22. The lowest BCUT2D eigenvalue weighted by Gasteiger charge is -2.29. The monoisotopic (exact) mass is 410 g/mol. The van der Waals surface area contributed by atoms with Gasteiger partial charge in [0.1, 0.15) is 10.8 Å². The normalized spacial score (nSPS) is 24.1. The molecule has 4 rings (SSSR count). The zero-order valence-corrected chi connectivity index (χ0v) is 16.2. The molecule has 28 heavy (non-hydrogen) atoms. The summed E-state index contributed by atoms with van der Waals surface area (Å²) in [5.74, 6) is -3.53. The summed E-state index contributed by atoms with van der Waals surface area (Å²) in [7, 11) is 0. The third-order valence-electron chi connectivity index (χ3n) is 5.37. The van der Waals surface area contributed by atoms with Crippen LogP contribution in [0.4, 0.5) is 18.3 Å². The van der Waals surface area contributed by atoms with Gasteiger partial charge in [0.25, 0.3) is 5.91 Å². The van der Waals surface area contributed by atoms with Crippen LogP contribution in [0.3, 0.4) is 0 Å². The van der Waals surface area contributed by atoms with Crippen LogP contribution in [0.25, 0.3) is 0 Å². The number of halogens is 3. The number of hydrogen-bond acceptors (Lipinski definition) is 5. The molecule has 0 saturated heterocycles. The number of nitrogens with zero attached hydrogens (tertiary/aromatic N) is 2. The van der Waals surface area contributed by atoms with E-state index >= 15 is 0 Å². The Hall–Kier alpha value is -2.00. The number of alkyl halides is 2. The van der Waals surface area contributed by atoms with E-state index in [0.29, 0.717) is 23.0 Å². The van der Waals surface area contributed by atoms with Gasteiger partial charge in [-0.3, -0.25) is 10.1 Å². The van der Waals surface area contributed by atoms with E-state index in [0.717, 1.165) is 12.0 Å². The van der Waals surface area contributed by atoms with E-state index in [2.05, 4.69) is 20.8 Å². The molecular weight excluding hydrogens is 389 g/mol. The zero-order valence-electron chi connectivity index (χ0n) is 15.3. The van der Waals surface area contributed by atoms with Crippen molar-refractivity contribution in [3.05, 3.63) is 40.2 Å². The Morgan fingerprint density at radius 1 is 1.25 bits per heavy atom. The van der Waals surface area contributed by atoms with Crippen LogP contribution < -0.4 is 10.6 Å². The maximum Gasteiger partial charge on any atom is 0.260 e. The fraction of sp³-hybridized carbons (Fsp3) is 0.526. The third-order valence-corrected chi connectivity index (χ3v) is 6.12. The first-order chi connectivity index (χ1) is 13.3. The summed E-state index contributed by atoms with van der Waals surface area (Å²) in [6, 6.07) is 4.83. The van der Waals surface area contributed by atoms with Gasteiger partial charge in [0.2, 0.25) is 11.1 Å². The van der Waals surface area contributed by atoms with Crippen molar-refractivity contribution in [1.82, 2.24) is 15.5 Å². The van der Waals surface area contributed by atoms with Gasteiger partial charge in [0.05, 0.1) is 5.56 Å². The number of hydrogen-bond donors (Lipinski definition) is 2. The molecule has 9 heteroatoms. The summed E-state index contributed by atoms with van der Waals surface area (Å²) in [6.07, 6.45) is 1.64. The van der Waals surface area contributed by atoms with Crippen LogP contribution in [0.5, 0.6) is 0 Å². The second-order valence-electron chi connectivity index (χ2n) is 7.57. The van der Waals surface area contributed by atoms with Crippen molar-refractivity contribution in [1.29, 1.82) is 0 Å². The topological polar surface area (TPSA) is 66.9 Å². The Balaban J connectivity index is 1.38. The fourth-order valence-corrected chi connectivity index (χ4v) is 4.30. The van der Waals surface area contributed by atoms with Crippen molar-refractivity contribution in [3.8, 4) is 0 Å². The number of aromatic nitrogens is 2. The minimum absolute atomic E-state index is 0.0340. The van der Waals surface area contributed by atoms with Gasteiger partial charge >= 0.3 is 0 Å². The summed E-state index contributed by atoms with van der Waals surface area (Å²) in [6.45, 7) is 1.77. The highest BCUT2D eigenvalue weighted by Crippen LogP contribution is 2.43. The summed E-state index contributed by atoms with van der Waals surface area (Å²) < 4.78 is 40.7. The maximum absolute atomic E-state index is 14.2. The second kappa shape index (κ2) is 7.44.